The van der Waals surface area contributed by atoms with Crippen molar-refractivity contribution in [2.45, 2.75) is 44.6 Å². The van der Waals surface area contributed by atoms with E-state index in [1.54, 1.807) is 12.4 Å². The number of hydrogen-bond acceptors (Lipinski definition) is 5. The molecule has 1 fully saturated rings. The molecule has 0 unspecified atom stereocenters. The van der Waals surface area contributed by atoms with Crippen LogP contribution in [0.2, 0.25) is 0 Å². The zero-order valence-electron chi connectivity index (χ0n) is 9.66. The zero-order chi connectivity index (χ0) is 11.4. The Morgan fingerprint density at radius 1 is 1.19 bits per heavy atom. The molecule has 1 aliphatic carbocycles. The fraction of sp³-hybridized carbons (Fsp3) is 0.636. The van der Waals surface area contributed by atoms with Crippen LogP contribution in [0.4, 0.5) is 11.6 Å². The maximum absolute atomic E-state index is 5.30. The zero-order valence-corrected chi connectivity index (χ0v) is 9.66. The topological polar surface area (TPSA) is 75.9 Å². The van der Waals surface area contributed by atoms with Crippen molar-refractivity contribution < 1.29 is 0 Å². The fourth-order valence-electron chi connectivity index (χ4n) is 2.26. The van der Waals surface area contributed by atoms with Gasteiger partial charge in [0.2, 0.25) is 0 Å². The van der Waals surface area contributed by atoms with Crippen LogP contribution in [-0.4, -0.2) is 15.5 Å². The molecule has 1 aromatic rings. The van der Waals surface area contributed by atoms with E-state index in [9.17, 15) is 0 Å². The van der Waals surface area contributed by atoms with Crippen LogP contribution in [-0.2, 0) is 0 Å². The van der Waals surface area contributed by atoms with E-state index in [1.807, 2.05) is 0 Å². The van der Waals surface area contributed by atoms with Gasteiger partial charge in [-0.2, -0.15) is 0 Å². The van der Waals surface area contributed by atoms with E-state index in [0.717, 1.165) is 5.82 Å². The van der Waals surface area contributed by atoms with Gasteiger partial charge >= 0.3 is 0 Å². The van der Waals surface area contributed by atoms with E-state index in [2.05, 4.69) is 27.6 Å². The molecule has 1 saturated carbocycles. The normalized spacial score (nSPS) is 19.1. The molecule has 0 radical (unpaired) electrons. The molecule has 88 valence electrons. The third kappa shape index (κ3) is 2.61. The molecule has 4 N–H and O–H groups in total. The molecule has 0 spiro atoms. The van der Waals surface area contributed by atoms with Crippen molar-refractivity contribution in [1.82, 2.24) is 9.97 Å². The summed E-state index contributed by atoms with van der Waals surface area (Å²) in [5.41, 5.74) is 2.66. The summed E-state index contributed by atoms with van der Waals surface area (Å²) in [6.07, 6.45) is 9.63. The lowest BCUT2D eigenvalue weighted by Gasteiger charge is -2.34. The minimum atomic E-state index is 0.153. The van der Waals surface area contributed by atoms with Crippen molar-refractivity contribution in [3.05, 3.63) is 12.4 Å². The Bertz CT molecular complexity index is 346. The molecule has 1 aliphatic rings. The second-order valence-corrected chi connectivity index (χ2v) is 4.68. The van der Waals surface area contributed by atoms with E-state index in [0.29, 0.717) is 5.82 Å². The van der Waals surface area contributed by atoms with E-state index >= 15 is 0 Å². The first-order valence-electron chi connectivity index (χ1n) is 5.79. The van der Waals surface area contributed by atoms with Gasteiger partial charge in [0.05, 0.1) is 12.4 Å². The second-order valence-electron chi connectivity index (χ2n) is 4.68. The molecular formula is C11H19N5. The molecule has 5 nitrogen and oxygen atoms in total. The number of nitrogen functional groups attached to an aromatic ring is 1. The summed E-state index contributed by atoms with van der Waals surface area (Å²) in [6, 6.07) is 0. The third-order valence-electron chi connectivity index (χ3n) is 3.17. The molecule has 0 aliphatic heterocycles. The summed E-state index contributed by atoms with van der Waals surface area (Å²) < 4.78 is 0. The Morgan fingerprint density at radius 2 is 1.88 bits per heavy atom. The van der Waals surface area contributed by atoms with Gasteiger partial charge in [0.15, 0.2) is 5.82 Å². The van der Waals surface area contributed by atoms with Crippen LogP contribution in [0, 0.1) is 0 Å². The molecule has 0 saturated heterocycles. The van der Waals surface area contributed by atoms with E-state index in [-0.39, 0.29) is 5.54 Å². The molecule has 16 heavy (non-hydrogen) atoms. The van der Waals surface area contributed by atoms with Gasteiger partial charge in [0.25, 0.3) is 0 Å². The smallest absolute Gasteiger partial charge is 0.160 e. The van der Waals surface area contributed by atoms with E-state index < -0.39 is 0 Å². The van der Waals surface area contributed by atoms with Crippen LogP contribution in [0.15, 0.2) is 12.4 Å². The SMILES string of the molecule is CC1(Nc2cncc(NN)n2)CCCCC1. The molecular weight excluding hydrogens is 202 g/mol. The summed E-state index contributed by atoms with van der Waals surface area (Å²) in [5, 5.41) is 3.46. The molecule has 1 aromatic heterocycles. The summed E-state index contributed by atoms with van der Waals surface area (Å²) >= 11 is 0. The number of nitrogens with one attached hydrogen (secondary N) is 2. The highest BCUT2D eigenvalue weighted by atomic mass is 15.3. The molecule has 0 atom stereocenters. The summed E-state index contributed by atoms with van der Waals surface area (Å²) in [5.74, 6) is 6.68. The largest absolute Gasteiger partial charge is 0.364 e. The van der Waals surface area contributed by atoms with E-state index in [1.165, 1.54) is 32.1 Å². The first-order chi connectivity index (χ1) is 7.72. The fourth-order valence-corrected chi connectivity index (χ4v) is 2.26. The van der Waals surface area contributed by atoms with Crippen molar-refractivity contribution in [3.8, 4) is 0 Å². The lowest BCUT2D eigenvalue weighted by atomic mass is 9.83. The van der Waals surface area contributed by atoms with Gasteiger partial charge in [-0.3, -0.25) is 4.98 Å². The van der Waals surface area contributed by atoms with Gasteiger partial charge < -0.3 is 10.7 Å². The third-order valence-corrected chi connectivity index (χ3v) is 3.17. The predicted octanol–water partition coefficient (Wildman–Crippen LogP) is 1.90. The number of hydrogen-bond donors (Lipinski definition) is 3. The van der Waals surface area contributed by atoms with Crippen LogP contribution < -0.4 is 16.6 Å². The second kappa shape index (κ2) is 4.65. The van der Waals surface area contributed by atoms with E-state index in [4.69, 9.17) is 5.84 Å². The van der Waals surface area contributed by atoms with Crippen LogP contribution in [0.3, 0.4) is 0 Å². The van der Waals surface area contributed by atoms with Crippen molar-refractivity contribution in [2.75, 3.05) is 10.7 Å². The number of nitrogens with two attached hydrogens (primary N) is 1. The quantitative estimate of drug-likeness (QED) is 0.537. The summed E-state index contributed by atoms with van der Waals surface area (Å²) in [6.45, 7) is 2.25. The predicted molar refractivity (Wildman–Crippen MR) is 65.0 cm³/mol. The number of aromatic nitrogens is 2. The minimum absolute atomic E-state index is 0.153. The van der Waals surface area contributed by atoms with Crippen LogP contribution in [0.5, 0.6) is 0 Å². The van der Waals surface area contributed by atoms with Gasteiger partial charge in [-0.1, -0.05) is 19.3 Å². The lowest BCUT2D eigenvalue weighted by molar-refractivity contribution is 0.348. The highest BCUT2D eigenvalue weighted by Crippen LogP contribution is 2.30. The molecule has 1 heterocycles. The molecule has 0 amide bonds. The Balaban J connectivity index is 2.07. The van der Waals surface area contributed by atoms with Gasteiger partial charge in [0.1, 0.15) is 5.82 Å². The van der Waals surface area contributed by atoms with Gasteiger partial charge in [0, 0.05) is 5.54 Å². The van der Waals surface area contributed by atoms with Crippen molar-refractivity contribution >= 4 is 11.6 Å². The minimum Gasteiger partial charge on any atom is -0.364 e. The van der Waals surface area contributed by atoms with Gasteiger partial charge in [-0.05, 0) is 19.8 Å². The van der Waals surface area contributed by atoms with Crippen molar-refractivity contribution in [1.29, 1.82) is 0 Å². The first-order valence-corrected chi connectivity index (χ1v) is 5.79. The average molecular weight is 221 g/mol. The van der Waals surface area contributed by atoms with Crippen LogP contribution in [0.25, 0.3) is 0 Å². The first kappa shape index (κ1) is 11.1. The van der Waals surface area contributed by atoms with Crippen molar-refractivity contribution in [2.24, 2.45) is 5.84 Å². The molecule has 0 aromatic carbocycles. The van der Waals surface area contributed by atoms with Crippen molar-refractivity contribution in [3.63, 3.8) is 0 Å². The number of hydrazine groups is 1. The Hall–Kier alpha value is -1.36. The van der Waals surface area contributed by atoms with Crippen LogP contribution in [0.1, 0.15) is 39.0 Å². The summed E-state index contributed by atoms with van der Waals surface area (Å²) in [4.78, 5) is 8.41. The lowest BCUT2D eigenvalue weighted by Crippen LogP contribution is -2.37. The Kier molecular flexibility index (Phi) is 3.24. The Labute approximate surface area is 95.8 Å². The molecule has 0 bridgehead atoms. The molecule has 2 rings (SSSR count). The number of rotatable bonds is 3. The van der Waals surface area contributed by atoms with Gasteiger partial charge in [-0.25, -0.2) is 10.8 Å². The van der Waals surface area contributed by atoms with Gasteiger partial charge in [-0.15, -0.1) is 0 Å². The number of anilines is 2. The molecule has 5 heteroatoms. The maximum Gasteiger partial charge on any atom is 0.160 e. The average Bonchev–Trinajstić information content (AvgIpc) is 2.29. The monoisotopic (exact) mass is 221 g/mol. The number of nitrogens with zero attached hydrogens (tertiary/aromatic N) is 2. The summed E-state index contributed by atoms with van der Waals surface area (Å²) in [7, 11) is 0. The maximum atomic E-state index is 5.30. The highest BCUT2D eigenvalue weighted by molar-refractivity contribution is 5.42. The van der Waals surface area contributed by atoms with Crippen LogP contribution >= 0.6 is 0 Å². The standard InChI is InChI=1S/C11H19N5/c1-11(5-3-2-4-6-11)15-9-7-13-8-10(14-9)16-12/h7-8H,2-6,12H2,1H3,(H2,14,15,16). The Morgan fingerprint density at radius 3 is 2.56 bits per heavy atom. The highest BCUT2D eigenvalue weighted by Gasteiger charge is 2.26.